The number of anilines is 1. The van der Waals surface area contributed by atoms with E-state index in [1.165, 1.54) is 5.56 Å². The fourth-order valence-electron chi connectivity index (χ4n) is 4.12. The molecule has 0 saturated heterocycles. The number of carbonyl (C=O) groups is 1. The molecule has 0 N–H and O–H groups in total. The molecule has 5 heteroatoms. The molecule has 0 spiro atoms. The molecule has 0 aliphatic heterocycles. The van der Waals surface area contributed by atoms with E-state index in [0.717, 1.165) is 53.3 Å². The molecule has 0 amide bonds. The summed E-state index contributed by atoms with van der Waals surface area (Å²) in [5.74, 6) is 0.797. The van der Waals surface area contributed by atoms with Gasteiger partial charge in [0, 0.05) is 37.9 Å². The number of methoxy groups -OCH3 is 1. The Bertz CT molecular complexity index is 1210. The quantitative estimate of drug-likeness (QED) is 0.260. The SMILES string of the molecule is COc1ccc(/C=C/C(=O)c2cc(-c3ccccc3C)cc(N(C)CCN(C)C)c2)c(CN(C)C)c1. The Morgan fingerprint density at radius 2 is 1.64 bits per heavy atom. The van der Waals surface area contributed by atoms with Crippen molar-refractivity contribution in [1.82, 2.24) is 9.80 Å². The van der Waals surface area contributed by atoms with Crippen molar-refractivity contribution in [3.63, 3.8) is 0 Å². The second-order valence-electron chi connectivity index (χ2n) is 9.81. The Morgan fingerprint density at radius 1 is 0.889 bits per heavy atom. The summed E-state index contributed by atoms with van der Waals surface area (Å²) in [6, 6.07) is 20.5. The van der Waals surface area contributed by atoms with Gasteiger partial charge < -0.3 is 19.4 Å². The molecule has 0 aliphatic carbocycles. The maximum atomic E-state index is 13.4. The number of aryl methyl sites for hydroxylation is 1. The van der Waals surface area contributed by atoms with E-state index in [4.69, 9.17) is 4.74 Å². The minimum Gasteiger partial charge on any atom is -0.497 e. The maximum Gasteiger partial charge on any atom is 0.185 e. The second-order valence-corrected chi connectivity index (χ2v) is 9.81. The molecule has 190 valence electrons. The Hall–Kier alpha value is -3.41. The molecule has 3 aromatic rings. The average Bonchev–Trinajstić information content (AvgIpc) is 2.85. The Balaban J connectivity index is 1.98. The Kier molecular flexibility index (Phi) is 9.45. The smallest absolute Gasteiger partial charge is 0.185 e. The highest BCUT2D eigenvalue weighted by Crippen LogP contribution is 2.29. The van der Waals surface area contributed by atoms with Crippen LogP contribution in [0.25, 0.3) is 17.2 Å². The third-order valence-corrected chi connectivity index (χ3v) is 6.23. The number of ketones is 1. The molecule has 0 bridgehead atoms. The lowest BCUT2D eigenvalue weighted by atomic mass is 9.96. The average molecular weight is 486 g/mol. The number of nitrogens with zero attached hydrogens (tertiary/aromatic N) is 3. The lowest BCUT2D eigenvalue weighted by Crippen LogP contribution is -2.28. The molecule has 0 aromatic heterocycles. The van der Waals surface area contributed by atoms with E-state index in [-0.39, 0.29) is 5.78 Å². The van der Waals surface area contributed by atoms with Crippen molar-refractivity contribution in [3.05, 3.63) is 89.0 Å². The largest absolute Gasteiger partial charge is 0.497 e. The molecular formula is C31H39N3O2. The van der Waals surface area contributed by atoms with Crippen LogP contribution in [0.4, 0.5) is 5.69 Å². The zero-order chi connectivity index (χ0) is 26.2. The van der Waals surface area contributed by atoms with Crippen LogP contribution in [0.2, 0.25) is 0 Å². The third kappa shape index (κ3) is 7.30. The van der Waals surface area contributed by atoms with E-state index in [0.29, 0.717) is 5.56 Å². The van der Waals surface area contributed by atoms with Crippen LogP contribution in [0.15, 0.2) is 66.7 Å². The molecule has 0 saturated carbocycles. The van der Waals surface area contributed by atoms with Gasteiger partial charge >= 0.3 is 0 Å². The van der Waals surface area contributed by atoms with Gasteiger partial charge in [-0.05, 0) is 99.3 Å². The Labute approximate surface area is 216 Å². The molecule has 0 heterocycles. The summed E-state index contributed by atoms with van der Waals surface area (Å²) in [5, 5.41) is 0. The number of ether oxygens (including phenoxy) is 1. The maximum absolute atomic E-state index is 13.4. The van der Waals surface area contributed by atoms with E-state index in [9.17, 15) is 4.79 Å². The standard InChI is InChI=1S/C31H39N3O2/c1-23-10-8-9-11-30(23)25-18-26(20-28(19-25)34(6)17-16-32(2)3)31(35)15-13-24-12-14-29(36-7)21-27(24)22-33(4)5/h8-15,18-21H,16-17,22H2,1-7H3/b15-13+. The van der Waals surface area contributed by atoms with Crippen molar-refractivity contribution >= 4 is 17.5 Å². The van der Waals surface area contributed by atoms with Crippen molar-refractivity contribution in [2.24, 2.45) is 0 Å². The van der Waals surface area contributed by atoms with Gasteiger partial charge in [-0.2, -0.15) is 0 Å². The van der Waals surface area contributed by atoms with E-state index in [1.54, 1.807) is 13.2 Å². The van der Waals surface area contributed by atoms with Crippen LogP contribution in [0.3, 0.4) is 0 Å². The first kappa shape index (κ1) is 27.2. The van der Waals surface area contributed by atoms with E-state index >= 15 is 0 Å². The van der Waals surface area contributed by atoms with Gasteiger partial charge in [0.05, 0.1) is 7.11 Å². The molecule has 3 rings (SSSR count). The van der Waals surface area contributed by atoms with Crippen molar-refractivity contribution in [2.45, 2.75) is 13.5 Å². The highest BCUT2D eigenvalue weighted by molar-refractivity contribution is 6.08. The summed E-state index contributed by atoms with van der Waals surface area (Å²) in [6.45, 7) is 4.66. The predicted octanol–water partition coefficient (Wildman–Crippen LogP) is 5.63. The summed E-state index contributed by atoms with van der Waals surface area (Å²) in [5.41, 5.74) is 7.22. The van der Waals surface area contributed by atoms with Gasteiger partial charge in [0.2, 0.25) is 0 Å². The summed E-state index contributed by atoms with van der Waals surface area (Å²) in [4.78, 5) is 19.9. The number of hydrogen-bond donors (Lipinski definition) is 0. The highest BCUT2D eigenvalue weighted by atomic mass is 16.5. The minimum atomic E-state index is -0.0145. The van der Waals surface area contributed by atoms with Gasteiger partial charge in [0.1, 0.15) is 5.75 Å². The second kappa shape index (κ2) is 12.5. The van der Waals surface area contributed by atoms with Gasteiger partial charge in [0.25, 0.3) is 0 Å². The molecule has 0 atom stereocenters. The molecule has 5 nitrogen and oxygen atoms in total. The molecule has 36 heavy (non-hydrogen) atoms. The van der Waals surface area contributed by atoms with Crippen LogP contribution in [0.1, 0.15) is 27.0 Å². The number of carbonyl (C=O) groups excluding carboxylic acids is 1. The monoisotopic (exact) mass is 485 g/mol. The first-order valence-corrected chi connectivity index (χ1v) is 12.3. The van der Waals surface area contributed by atoms with Crippen LogP contribution >= 0.6 is 0 Å². The fraction of sp³-hybridized carbons (Fsp3) is 0.323. The van der Waals surface area contributed by atoms with Crippen LogP contribution in [-0.4, -0.2) is 71.0 Å². The van der Waals surface area contributed by atoms with Crippen molar-refractivity contribution in [1.29, 1.82) is 0 Å². The number of likely N-dealkylation sites (N-methyl/N-ethyl adjacent to an activating group) is 2. The zero-order valence-corrected chi connectivity index (χ0v) is 22.7. The number of hydrogen-bond acceptors (Lipinski definition) is 5. The summed E-state index contributed by atoms with van der Waals surface area (Å²) in [6.07, 6.45) is 3.60. The summed E-state index contributed by atoms with van der Waals surface area (Å²) < 4.78 is 5.40. The van der Waals surface area contributed by atoms with Gasteiger partial charge in [-0.25, -0.2) is 0 Å². The van der Waals surface area contributed by atoms with Crippen molar-refractivity contribution in [2.75, 3.05) is 60.3 Å². The van der Waals surface area contributed by atoms with E-state index in [1.807, 2.05) is 62.6 Å². The van der Waals surface area contributed by atoms with Crippen molar-refractivity contribution < 1.29 is 9.53 Å². The molecule has 0 fully saturated rings. The van der Waals surface area contributed by atoms with Gasteiger partial charge in [0.15, 0.2) is 5.78 Å². The van der Waals surface area contributed by atoms with Crippen LogP contribution in [0, 0.1) is 6.92 Å². The lowest BCUT2D eigenvalue weighted by molar-refractivity contribution is 0.104. The van der Waals surface area contributed by atoms with Crippen LogP contribution < -0.4 is 9.64 Å². The van der Waals surface area contributed by atoms with E-state index < -0.39 is 0 Å². The lowest BCUT2D eigenvalue weighted by Gasteiger charge is -2.23. The van der Waals surface area contributed by atoms with Gasteiger partial charge in [-0.15, -0.1) is 0 Å². The number of rotatable bonds is 11. The van der Waals surface area contributed by atoms with Gasteiger partial charge in [-0.1, -0.05) is 36.4 Å². The third-order valence-electron chi connectivity index (χ3n) is 6.23. The first-order valence-electron chi connectivity index (χ1n) is 12.3. The molecule has 0 radical (unpaired) electrons. The summed E-state index contributed by atoms with van der Waals surface area (Å²) in [7, 11) is 12.0. The predicted molar refractivity (Wildman–Crippen MR) is 152 cm³/mol. The highest BCUT2D eigenvalue weighted by Gasteiger charge is 2.13. The zero-order valence-electron chi connectivity index (χ0n) is 22.7. The fourth-order valence-corrected chi connectivity index (χ4v) is 4.12. The molecular weight excluding hydrogens is 446 g/mol. The van der Waals surface area contributed by atoms with E-state index in [2.05, 4.69) is 61.0 Å². The van der Waals surface area contributed by atoms with Crippen LogP contribution in [-0.2, 0) is 6.54 Å². The first-order chi connectivity index (χ1) is 17.2. The number of allylic oxidation sites excluding steroid dienone is 1. The van der Waals surface area contributed by atoms with Crippen molar-refractivity contribution in [3.8, 4) is 16.9 Å². The minimum absolute atomic E-state index is 0.0145. The molecule has 3 aromatic carbocycles. The Morgan fingerprint density at radius 3 is 2.31 bits per heavy atom. The molecule has 0 unspecified atom stereocenters. The topological polar surface area (TPSA) is 36.0 Å². The van der Waals surface area contributed by atoms with Crippen LogP contribution in [0.5, 0.6) is 5.75 Å². The van der Waals surface area contributed by atoms with Gasteiger partial charge in [-0.3, -0.25) is 4.79 Å². The summed E-state index contributed by atoms with van der Waals surface area (Å²) >= 11 is 0. The molecule has 0 aliphatic rings. The number of benzene rings is 3. The normalized spacial score (nSPS) is 11.5.